The van der Waals surface area contributed by atoms with Crippen LogP contribution >= 0.6 is 0 Å². The number of aryl methyl sites for hydroxylation is 1. The van der Waals surface area contributed by atoms with Crippen molar-refractivity contribution in [3.8, 4) is 22.6 Å². The lowest BCUT2D eigenvalue weighted by atomic mass is 9.80. The smallest absolute Gasteiger partial charge is 0.200 e. The van der Waals surface area contributed by atoms with E-state index in [1.807, 2.05) is 31.2 Å². The lowest BCUT2D eigenvalue weighted by molar-refractivity contribution is 0.0975. The average Bonchev–Trinajstić information content (AvgIpc) is 2.63. The topological polar surface area (TPSA) is 127 Å². The third-order valence-electron chi connectivity index (χ3n) is 4.83. The largest absolute Gasteiger partial charge is 0.507 e. The van der Waals surface area contributed by atoms with E-state index in [-0.39, 0.29) is 45.1 Å². The SMILES string of the molecule is Cc1ccc(-c2cc(O)c3c(c2N)C(=O)c2c(O)ccc(N)c2C3=O)cc1. The Labute approximate surface area is 154 Å². The quantitative estimate of drug-likeness (QED) is 0.305. The van der Waals surface area contributed by atoms with Gasteiger partial charge in [0.05, 0.1) is 27.9 Å². The van der Waals surface area contributed by atoms with Crippen molar-refractivity contribution in [2.45, 2.75) is 6.92 Å². The Kier molecular flexibility index (Phi) is 3.46. The van der Waals surface area contributed by atoms with E-state index in [0.717, 1.165) is 5.56 Å². The van der Waals surface area contributed by atoms with E-state index >= 15 is 0 Å². The lowest BCUT2D eigenvalue weighted by Crippen LogP contribution is -2.24. The number of phenolic OH excluding ortho intramolecular Hbond substituents is 2. The van der Waals surface area contributed by atoms with Gasteiger partial charge in [-0.25, -0.2) is 0 Å². The monoisotopic (exact) mass is 360 g/mol. The first-order valence-corrected chi connectivity index (χ1v) is 8.24. The van der Waals surface area contributed by atoms with E-state index in [0.29, 0.717) is 11.1 Å². The van der Waals surface area contributed by atoms with Crippen molar-refractivity contribution < 1.29 is 19.8 Å². The number of nitrogen functional groups attached to an aromatic ring is 2. The molecule has 0 amide bonds. The predicted octanol–water partition coefficient (Wildman–Crippen LogP) is 3.01. The number of anilines is 2. The van der Waals surface area contributed by atoms with Crippen molar-refractivity contribution in [2.75, 3.05) is 11.5 Å². The molecule has 0 aliphatic heterocycles. The fourth-order valence-electron chi connectivity index (χ4n) is 3.45. The molecule has 6 heteroatoms. The molecule has 27 heavy (non-hydrogen) atoms. The molecule has 0 heterocycles. The van der Waals surface area contributed by atoms with E-state index in [1.165, 1.54) is 18.2 Å². The first-order valence-electron chi connectivity index (χ1n) is 8.24. The Bertz CT molecular complexity index is 1150. The van der Waals surface area contributed by atoms with Gasteiger partial charge in [-0.3, -0.25) is 9.59 Å². The zero-order chi connectivity index (χ0) is 19.5. The van der Waals surface area contributed by atoms with E-state index in [9.17, 15) is 19.8 Å². The maximum absolute atomic E-state index is 13.1. The number of carbonyl (C=O) groups is 2. The second-order valence-corrected chi connectivity index (χ2v) is 6.56. The summed E-state index contributed by atoms with van der Waals surface area (Å²) >= 11 is 0. The highest BCUT2D eigenvalue weighted by Gasteiger charge is 2.38. The van der Waals surface area contributed by atoms with Crippen LogP contribution in [-0.4, -0.2) is 21.8 Å². The third-order valence-corrected chi connectivity index (χ3v) is 4.83. The van der Waals surface area contributed by atoms with E-state index in [4.69, 9.17) is 11.5 Å². The molecule has 1 aliphatic rings. The number of phenols is 2. The van der Waals surface area contributed by atoms with Crippen LogP contribution < -0.4 is 11.5 Å². The third kappa shape index (κ3) is 2.27. The summed E-state index contributed by atoms with van der Waals surface area (Å²) in [5, 5.41) is 20.7. The molecule has 0 aromatic heterocycles. The van der Waals surface area contributed by atoms with Gasteiger partial charge in [0.15, 0.2) is 0 Å². The summed E-state index contributed by atoms with van der Waals surface area (Å²) in [6.07, 6.45) is 0. The highest BCUT2D eigenvalue weighted by Crippen LogP contribution is 2.44. The van der Waals surface area contributed by atoms with Gasteiger partial charge in [-0.05, 0) is 30.7 Å². The van der Waals surface area contributed by atoms with Crippen molar-refractivity contribution in [2.24, 2.45) is 0 Å². The molecule has 0 atom stereocenters. The van der Waals surface area contributed by atoms with Gasteiger partial charge in [0.1, 0.15) is 11.5 Å². The molecular weight excluding hydrogens is 344 g/mol. The summed E-state index contributed by atoms with van der Waals surface area (Å²) in [7, 11) is 0. The zero-order valence-electron chi connectivity index (χ0n) is 14.4. The van der Waals surface area contributed by atoms with Gasteiger partial charge in [0.2, 0.25) is 11.6 Å². The summed E-state index contributed by atoms with van der Waals surface area (Å²) in [5.41, 5.74) is 13.7. The second kappa shape index (κ2) is 5.60. The molecule has 0 radical (unpaired) electrons. The van der Waals surface area contributed by atoms with Crippen molar-refractivity contribution in [1.82, 2.24) is 0 Å². The molecule has 3 aromatic rings. The highest BCUT2D eigenvalue weighted by atomic mass is 16.3. The van der Waals surface area contributed by atoms with Crippen LogP contribution in [-0.2, 0) is 0 Å². The Morgan fingerprint density at radius 2 is 1.33 bits per heavy atom. The number of carbonyl (C=O) groups excluding carboxylic acids is 2. The first-order chi connectivity index (χ1) is 12.8. The molecular formula is C21H16N2O4. The van der Waals surface area contributed by atoms with Gasteiger partial charge in [0, 0.05) is 11.3 Å². The summed E-state index contributed by atoms with van der Waals surface area (Å²) in [6.45, 7) is 1.93. The number of hydrogen-bond donors (Lipinski definition) is 4. The van der Waals surface area contributed by atoms with Crippen molar-refractivity contribution in [1.29, 1.82) is 0 Å². The molecule has 6 nitrogen and oxygen atoms in total. The standard InChI is InChI=1S/C21H16N2O4/c1-9-2-4-10(5-3-9)11-8-14(25)17-18(19(11)23)21(27)16-13(24)7-6-12(22)15(16)20(17)26/h2-8,24-25H,22-23H2,1H3. The maximum Gasteiger partial charge on any atom is 0.200 e. The molecule has 134 valence electrons. The van der Waals surface area contributed by atoms with E-state index < -0.39 is 11.6 Å². The Morgan fingerprint density at radius 1 is 0.741 bits per heavy atom. The minimum atomic E-state index is -0.647. The Balaban J connectivity index is 2.04. The average molecular weight is 360 g/mol. The number of fused-ring (bicyclic) bond motifs is 2. The molecule has 3 aromatic carbocycles. The lowest BCUT2D eigenvalue weighted by Gasteiger charge is -2.23. The van der Waals surface area contributed by atoms with Crippen LogP contribution in [0.25, 0.3) is 11.1 Å². The summed E-state index contributed by atoms with van der Waals surface area (Å²) in [4.78, 5) is 26.0. The molecule has 0 bridgehead atoms. The Hall–Kier alpha value is -3.80. The Morgan fingerprint density at radius 3 is 2.00 bits per heavy atom. The fraction of sp³-hybridized carbons (Fsp3) is 0.0476. The molecule has 0 unspecified atom stereocenters. The molecule has 1 aliphatic carbocycles. The molecule has 0 spiro atoms. The van der Waals surface area contributed by atoms with Crippen LogP contribution in [0.3, 0.4) is 0 Å². The van der Waals surface area contributed by atoms with Gasteiger partial charge < -0.3 is 21.7 Å². The van der Waals surface area contributed by atoms with E-state index in [1.54, 1.807) is 0 Å². The fourth-order valence-corrected chi connectivity index (χ4v) is 3.45. The highest BCUT2D eigenvalue weighted by molar-refractivity contribution is 6.33. The van der Waals surface area contributed by atoms with Crippen LogP contribution in [0.4, 0.5) is 11.4 Å². The first kappa shape index (κ1) is 16.7. The molecule has 6 N–H and O–H groups in total. The van der Waals surface area contributed by atoms with Crippen molar-refractivity contribution in [3.05, 3.63) is 70.3 Å². The zero-order valence-corrected chi connectivity index (χ0v) is 14.4. The maximum atomic E-state index is 13.1. The van der Waals surface area contributed by atoms with Crippen molar-refractivity contribution >= 4 is 22.9 Å². The number of benzene rings is 3. The van der Waals surface area contributed by atoms with Gasteiger partial charge in [-0.15, -0.1) is 0 Å². The normalized spacial score (nSPS) is 12.6. The van der Waals surface area contributed by atoms with Crippen LogP contribution in [0, 0.1) is 6.92 Å². The van der Waals surface area contributed by atoms with E-state index in [2.05, 4.69) is 0 Å². The number of hydrogen-bond acceptors (Lipinski definition) is 6. The predicted molar refractivity (Wildman–Crippen MR) is 102 cm³/mol. The molecule has 4 rings (SSSR count). The number of rotatable bonds is 1. The van der Waals surface area contributed by atoms with Crippen LogP contribution in [0.1, 0.15) is 37.4 Å². The number of ketones is 2. The summed E-state index contributed by atoms with van der Waals surface area (Å²) < 4.78 is 0. The number of nitrogens with two attached hydrogens (primary N) is 2. The van der Waals surface area contributed by atoms with Crippen molar-refractivity contribution in [3.63, 3.8) is 0 Å². The van der Waals surface area contributed by atoms with Crippen LogP contribution in [0.5, 0.6) is 11.5 Å². The second-order valence-electron chi connectivity index (χ2n) is 6.56. The van der Waals surface area contributed by atoms with Gasteiger partial charge in [-0.1, -0.05) is 29.8 Å². The molecule has 0 saturated heterocycles. The van der Waals surface area contributed by atoms with Crippen LogP contribution in [0.2, 0.25) is 0 Å². The minimum Gasteiger partial charge on any atom is -0.507 e. The van der Waals surface area contributed by atoms with Gasteiger partial charge >= 0.3 is 0 Å². The summed E-state index contributed by atoms with van der Waals surface area (Å²) in [5.74, 6) is -2.01. The van der Waals surface area contributed by atoms with Crippen LogP contribution in [0.15, 0.2) is 42.5 Å². The summed E-state index contributed by atoms with van der Waals surface area (Å²) in [6, 6.07) is 11.3. The van der Waals surface area contributed by atoms with Gasteiger partial charge in [0.25, 0.3) is 0 Å². The molecule has 0 fully saturated rings. The number of aromatic hydroxyl groups is 2. The minimum absolute atomic E-state index is 0.0485. The molecule has 0 saturated carbocycles. The van der Waals surface area contributed by atoms with Gasteiger partial charge in [-0.2, -0.15) is 0 Å².